The molecule has 2 amide bonds. The van der Waals surface area contributed by atoms with Crippen molar-refractivity contribution in [1.29, 1.82) is 0 Å². The minimum Gasteiger partial charge on any atom is -0.377 e. The standard InChI is InChI=1S/C17H21N5O4/c1-25-11-14-20-15(26-21-14)4-7-19-17(24)13-8-16(23)22(10-13)9-12-2-5-18-6-3-12/h2-3,5-6,13H,4,7-11H2,1H3,(H,19,24)/t13-/m1/s1. The molecule has 0 bridgehead atoms. The van der Waals surface area contributed by atoms with Crippen LogP contribution in [0.3, 0.4) is 0 Å². The maximum atomic E-state index is 12.3. The number of methoxy groups -OCH3 is 1. The Labute approximate surface area is 150 Å². The fraction of sp³-hybridized carbons (Fsp3) is 0.471. The summed E-state index contributed by atoms with van der Waals surface area (Å²) in [4.78, 5) is 34.2. The highest BCUT2D eigenvalue weighted by molar-refractivity contribution is 5.89. The van der Waals surface area contributed by atoms with Crippen LogP contribution in [-0.4, -0.2) is 52.0 Å². The Morgan fingerprint density at radius 1 is 1.42 bits per heavy atom. The van der Waals surface area contributed by atoms with Gasteiger partial charge in [-0.25, -0.2) is 0 Å². The summed E-state index contributed by atoms with van der Waals surface area (Å²) in [5, 5.41) is 6.59. The number of nitrogens with one attached hydrogen (secondary N) is 1. The first kappa shape index (κ1) is 18.0. The molecular formula is C17H21N5O4. The Morgan fingerprint density at radius 3 is 3.00 bits per heavy atom. The predicted octanol–water partition coefficient (Wildman–Crippen LogP) is 0.318. The highest BCUT2D eigenvalue weighted by Gasteiger charge is 2.34. The number of carbonyl (C=O) groups excluding carboxylic acids is 2. The average Bonchev–Trinajstić information content (AvgIpc) is 3.23. The van der Waals surface area contributed by atoms with Gasteiger partial charge in [-0.3, -0.25) is 14.6 Å². The number of carbonyl (C=O) groups is 2. The first-order valence-corrected chi connectivity index (χ1v) is 8.40. The number of pyridine rings is 1. The van der Waals surface area contributed by atoms with Gasteiger partial charge >= 0.3 is 0 Å². The Bertz CT molecular complexity index is 749. The van der Waals surface area contributed by atoms with Gasteiger partial charge in [-0.15, -0.1) is 0 Å². The van der Waals surface area contributed by atoms with Gasteiger partial charge in [0.15, 0.2) is 5.82 Å². The van der Waals surface area contributed by atoms with E-state index in [1.807, 2.05) is 12.1 Å². The zero-order chi connectivity index (χ0) is 18.4. The lowest BCUT2D eigenvalue weighted by Crippen LogP contribution is -2.34. The topological polar surface area (TPSA) is 110 Å². The van der Waals surface area contributed by atoms with E-state index in [4.69, 9.17) is 9.26 Å². The Kier molecular flexibility index (Phi) is 5.90. The molecule has 1 atom stereocenters. The number of aromatic nitrogens is 3. The maximum Gasteiger partial charge on any atom is 0.228 e. The summed E-state index contributed by atoms with van der Waals surface area (Å²) in [5.41, 5.74) is 0.998. The van der Waals surface area contributed by atoms with Gasteiger partial charge in [-0.2, -0.15) is 4.98 Å². The smallest absolute Gasteiger partial charge is 0.228 e. The van der Waals surface area contributed by atoms with Crippen molar-refractivity contribution in [2.45, 2.75) is 26.0 Å². The van der Waals surface area contributed by atoms with Crippen LogP contribution in [0, 0.1) is 5.92 Å². The molecule has 1 N–H and O–H groups in total. The Morgan fingerprint density at radius 2 is 2.23 bits per heavy atom. The molecule has 1 aliphatic rings. The van der Waals surface area contributed by atoms with E-state index in [2.05, 4.69) is 20.4 Å². The van der Waals surface area contributed by atoms with Gasteiger partial charge in [0.05, 0.1) is 5.92 Å². The van der Waals surface area contributed by atoms with Crippen LogP contribution in [0.2, 0.25) is 0 Å². The molecular weight excluding hydrogens is 338 g/mol. The Hall–Kier alpha value is -2.81. The van der Waals surface area contributed by atoms with E-state index < -0.39 is 0 Å². The molecule has 3 rings (SSSR count). The van der Waals surface area contributed by atoms with Gasteiger partial charge in [0.25, 0.3) is 0 Å². The van der Waals surface area contributed by atoms with Crippen LogP contribution in [0.5, 0.6) is 0 Å². The molecule has 26 heavy (non-hydrogen) atoms. The number of hydrogen-bond acceptors (Lipinski definition) is 7. The van der Waals surface area contributed by atoms with Gasteiger partial charge in [-0.05, 0) is 17.7 Å². The third-order valence-corrected chi connectivity index (χ3v) is 4.13. The third-order valence-electron chi connectivity index (χ3n) is 4.13. The van der Waals surface area contributed by atoms with Crippen molar-refractivity contribution >= 4 is 11.8 Å². The number of hydrogen-bond donors (Lipinski definition) is 1. The summed E-state index contributed by atoms with van der Waals surface area (Å²) in [6.45, 7) is 1.58. The lowest BCUT2D eigenvalue weighted by atomic mass is 10.1. The second kappa shape index (κ2) is 8.52. The molecule has 0 aliphatic carbocycles. The molecule has 3 heterocycles. The molecule has 9 nitrogen and oxygen atoms in total. The highest BCUT2D eigenvalue weighted by Crippen LogP contribution is 2.20. The number of amides is 2. The lowest BCUT2D eigenvalue weighted by Gasteiger charge is -2.16. The summed E-state index contributed by atoms with van der Waals surface area (Å²) < 4.78 is 9.98. The summed E-state index contributed by atoms with van der Waals surface area (Å²) in [6, 6.07) is 3.73. The van der Waals surface area contributed by atoms with Gasteiger partial charge in [0.2, 0.25) is 17.7 Å². The first-order chi connectivity index (χ1) is 12.7. The highest BCUT2D eigenvalue weighted by atomic mass is 16.5. The van der Waals surface area contributed by atoms with Gasteiger partial charge in [0, 0.05) is 52.0 Å². The van der Waals surface area contributed by atoms with Gasteiger partial charge in [-0.1, -0.05) is 5.16 Å². The fourth-order valence-electron chi connectivity index (χ4n) is 2.83. The van der Waals surface area contributed by atoms with E-state index in [9.17, 15) is 9.59 Å². The predicted molar refractivity (Wildman–Crippen MR) is 89.5 cm³/mol. The van der Waals surface area contributed by atoms with Crippen LogP contribution >= 0.6 is 0 Å². The molecule has 2 aromatic rings. The largest absolute Gasteiger partial charge is 0.377 e. The molecule has 0 spiro atoms. The number of likely N-dealkylation sites (tertiary alicyclic amines) is 1. The zero-order valence-electron chi connectivity index (χ0n) is 14.6. The Balaban J connectivity index is 1.44. The summed E-state index contributed by atoms with van der Waals surface area (Å²) in [7, 11) is 1.55. The lowest BCUT2D eigenvalue weighted by molar-refractivity contribution is -0.129. The van der Waals surface area contributed by atoms with Crippen LogP contribution < -0.4 is 5.32 Å². The summed E-state index contributed by atoms with van der Waals surface area (Å²) >= 11 is 0. The van der Waals surface area contributed by atoms with E-state index in [1.54, 1.807) is 24.4 Å². The second-order valence-corrected chi connectivity index (χ2v) is 6.11. The zero-order valence-corrected chi connectivity index (χ0v) is 14.6. The molecule has 1 saturated heterocycles. The quantitative estimate of drug-likeness (QED) is 0.722. The van der Waals surface area contributed by atoms with Crippen LogP contribution in [0.4, 0.5) is 0 Å². The molecule has 1 aliphatic heterocycles. The van der Waals surface area contributed by atoms with E-state index >= 15 is 0 Å². The molecule has 2 aromatic heterocycles. The van der Waals surface area contributed by atoms with Crippen molar-refractivity contribution < 1.29 is 18.8 Å². The molecule has 0 aromatic carbocycles. The molecule has 138 valence electrons. The minimum absolute atomic E-state index is 0.0110. The first-order valence-electron chi connectivity index (χ1n) is 8.40. The van der Waals surface area contributed by atoms with Crippen molar-refractivity contribution in [3.8, 4) is 0 Å². The maximum absolute atomic E-state index is 12.3. The number of nitrogens with zero attached hydrogens (tertiary/aromatic N) is 4. The minimum atomic E-state index is -0.337. The van der Waals surface area contributed by atoms with Gasteiger partial charge in [0.1, 0.15) is 6.61 Å². The van der Waals surface area contributed by atoms with Gasteiger partial charge < -0.3 is 19.5 Å². The van der Waals surface area contributed by atoms with Crippen LogP contribution in [0.1, 0.15) is 23.7 Å². The normalized spacial score (nSPS) is 16.9. The number of ether oxygens (including phenoxy) is 1. The number of rotatable bonds is 8. The monoisotopic (exact) mass is 359 g/mol. The molecule has 0 radical (unpaired) electrons. The van der Waals surface area contributed by atoms with Crippen LogP contribution in [0.15, 0.2) is 29.0 Å². The van der Waals surface area contributed by atoms with Crippen LogP contribution in [-0.2, 0) is 33.9 Å². The third kappa shape index (κ3) is 4.63. The van der Waals surface area contributed by atoms with Crippen LogP contribution in [0.25, 0.3) is 0 Å². The second-order valence-electron chi connectivity index (χ2n) is 6.11. The SMILES string of the molecule is COCc1noc(CCNC(=O)[C@@H]2CC(=O)N(Cc3ccncc3)C2)n1. The molecule has 1 fully saturated rings. The van der Waals surface area contributed by atoms with E-state index in [0.717, 1.165) is 5.56 Å². The van der Waals surface area contributed by atoms with E-state index in [1.165, 1.54) is 0 Å². The summed E-state index contributed by atoms with van der Waals surface area (Å²) in [5.74, 6) is 0.437. The van der Waals surface area contributed by atoms with Crippen molar-refractivity contribution in [3.05, 3.63) is 41.8 Å². The molecule has 0 unspecified atom stereocenters. The average molecular weight is 359 g/mol. The van der Waals surface area contributed by atoms with Crippen molar-refractivity contribution in [1.82, 2.24) is 25.3 Å². The fourth-order valence-corrected chi connectivity index (χ4v) is 2.83. The van der Waals surface area contributed by atoms with Crippen molar-refractivity contribution in [2.24, 2.45) is 5.92 Å². The molecule has 0 saturated carbocycles. The summed E-state index contributed by atoms with van der Waals surface area (Å²) in [6.07, 6.45) is 4.05. The van der Waals surface area contributed by atoms with Crippen molar-refractivity contribution in [3.63, 3.8) is 0 Å². The van der Waals surface area contributed by atoms with E-state index in [0.29, 0.717) is 37.8 Å². The molecule has 9 heteroatoms. The van der Waals surface area contributed by atoms with Crippen molar-refractivity contribution in [2.75, 3.05) is 20.2 Å². The van der Waals surface area contributed by atoms with E-state index in [-0.39, 0.29) is 30.8 Å².